The molecule has 1 aromatic heterocycles. The first-order valence-electron chi connectivity index (χ1n) is 8.71. The van der Waals surface area contributed by atoms with Crippen LogP contribution in [0.15, 0.2) is 24.5 Å². The Bertz CT molecular complexity index is 540. The number of carbonyl (C=O) groups is 1. The van der Waals surface area contributed by atoms with E-state index >= 15 is 0 Å². The van der Waals surface area contributed by atoms with Crippen LogP contribution in [0.25, 0.3) is 0 Å². The monoisotopic (exact) mass is 333 g/mol. The van der Waals surface area contributed by atoms with Crippen LogP contribution in [-0.4, -0.2) is 80.3 Å². The molecule has 0 saturated carbocycles. The normalized spacial score (nSPS) is 25.6. The van der Waals surface area contributed by atoms with Gasteiger partial charge in [-0.1, -0.05) is 0 Å². The van der Waals surface area contributed by atoms with Gasteiger partial charge in [0.05, 0.1) is 25.4 Å². The van der Waals surface area contributed by atoms with Crippen molar-refractivity contribution in [2.75, 3.05) is 59.7 Å². The Morgan fingerprint density at radius 3 is 3.12 bits per heavy atom. The van der Waals surface area contributed by atoms with Gasteiger partial charge in [0.2, 0.25) is 0 Å². The zero-order chi connectivity index (χ0) is 16.8. The van der Waals surface area contributed by atoms with Gasteiger partial charge in [-0.05, 0) is 25.0 Å². The molecule has 1 spiro atoms. The first-order valence-corrected chi connectivity index (χ1v) is 8.71. The minimum Gasteiger partial charge on any atom is -0.383 e. The van der Waals surface area contributed by atoms with Crippen molar-refractivity contribution >= 4 is 5.91 Å². The van der Waals surface area contributed by atoms with E-state index in [4.69, 9.17) is 9.47 Å². The predicted octanol–water partition coefficient (Wildman–Crippen LogP) is 1.28. The van der Waals surface area contributed by atoms with Gasteiger partial charge in [-0.2, -0.15) is 0 Å². The van der Waals surface area contributed by atoms with Crippen LogP contribution in [0.1, 0.15) is 23.2 Å². The number of amides is 1. The van der Waals surface area contributed by atoms with Crippen LogP contribution in [0.5, 0.6) is 0 Å². The molecule has 6 heteroatoms. The Balaban J connectivity index is 1.69. The van der Waals surface area contributed by atoms with Gasteiger partial charge >= 0.3 is 0 Å². The zero-order valence-corrected chi connectivity index (χ0v) is 14.4. The molecular formula is C18H27N3O3. The van der Waals surface area contributed by atoms with E-state index in [1.54, 1.807) is 19.5 Å². The fourth-order valence-corrected chi connectivity index (χ4v) is 3.79. The molecule has 1 aromatic rings. The van der Waals surface area contributed by atoms with Crippen LogP contribution in [0.2, 0.25) is 0 Å². The molecule has 1 unspecified atom stereocenters. The molecule has 132 valence electrons. The van der Waals surface area contributed by atoms with E-state index in [0.29, 0.717) is 5.56 Å². The van der Waals surface area contributed by atoms with E-state index in [1.165, 1.54) is 0 Å². The zero-order valence-electron chi connectivity index (χ0n) is 14.4. The molecule has 1 amide bonds. The summed E-state index contributed by atoms with van der Waals surface area (Å²) in [5, 5.41) is 0. The quantitative estimate of drug-likeness (QED) is 0.831. The van der Waals surface area contributed by atoms with Crippen molar-refractivity contribution in [3.8, 4) is 0 Å². The summed E-state index contributed by atoms with van der Waals surface area (Å²) in [6.07, 6.45) is 5.47. The van der Waals surface area contributed by atoms with Crippen LogP contribution in [0.3, 0.4) is 0 Å². The van der Waals surface area contributed by atoms with E-state index in [2.05, 4.69) is 9.88 Å². The molecule has 2 fully saturated rings. The summed E-state index contributed by atoms with van der Waals surface area (Å²) in [5.41, 5.74) is 0.695. The molecule has 3 heterocycles. The highest BCUT2D eigenvalue weighted by atomic mass is 16.5. The largest absolute Gasteiger partial charge is 0.383 e. The summed E-state index contributed by atoms with van der Waals surface area (Å²) < 4.78 is 11.1. The van der Waals surface area contributed by atoms with Gasteiger partial charge in [0.25, 0.3) is 5.91 Å². The lowest BCUT2D eigenvalue weighted by atomic mass is 9.80. The molecule has 3 rings (SSSR count). The first-order chi connectivity index (χ1) is 11.7. The van der Waals surface area contributed by atoms with Crippen molar-refractivity contribution in [3.05, 3.63) is 30.1 Å². The van der Waals surface area contributed by atoms with Crippen molar-refractivity contribution in [2.45, 2.75) is 12.8 Å². The lowest BCUT2D eigenvalue weighted by molar-refractivity contribution is 0.00618. The summed E-state index contributed by atoms with van der Waals surface area (Å²) in [4.78, 5) is 21.2. The average Bonchev–Trinajstić information content (AvgIpc) is 2.82. The smallest absolute Gasteiger partial charge is 0.255 e. The van der Waals surface area contributed by atoms with Gasteiger partial charge in [0.1, 0.15) is 0 Å². The summed E-state index contributed by atoms with van der Waals surface area (Å²) in [7, 11) is 1.74. The third-order valence-electron chi connectivity index (χ3n) is 4.99. The van der Waals surface area contributed by atoms with E-state index in [0.717, 1.165) is 65.4 Å². The molecule has 0 aromatic carbocycles. The second-order valence-electron chi connectivity index (χ2n) is 6.89. The minimum absolute atomic E-state index is 0.0281. The fourth-order valence-electron chi connectivity index (χ4n) is 3.79. The molecular weight excluding hydrogens is 306 g/mol. The molecule has 0 bridgehead atoms. The van der Waals surface area contributed by atoms with Gasteiger partial charge in [-0.15, -0.1) is 0 Å². The Labute approximate surface area is 143 Å². The van der Waals surface area contributed by atoms with Gasteiger partial charge in [0, 0.05) is 57.6 Å². The maximum absolute atomic E-state index is 12.8. The van der Waals surface area contributed by atoms with Gasteiger partial charge in [0.15, 0.2) is 0 Å². The highest BCUT2D eigenvalue weighted by molar-refractivity contribution is 5.93. The summed E-state index contributed by atoms with van der Waals surface area (Å²) >= 11 is 0. The van der Waals surface area contributed by atoms with Crippen molar-refractivity contribution in [2.24, 2.45) is 5.41 Å². The SMILES string of the molecule is COCCN1CCOCC2(CCCN(C(=O)c3cccnc3)C2)C1. The van der Waals surface area contributed by atoms with Crippen LogP contribution < -0.4 is 0 Å². The Morgan fingerprint density at radius 2 is 2.33 bits per heavy atom. The molecule has 0 radical (unpaired) electrons. The number of likely N-dealkylation sites (tertiary alicyclic amines) is 1. The molecule has 2 saturated heterocycles. The van der Waals surface area contributed by atoms with Crippen molar-refractivity contribution in [1.29, 1.82) is 0 Å². The number of piperidine rings is 1. The van der Waals surface area contributed by atoms with E-state index in [1.807, 2.05) is 17.0 Å². The number of carbonyl (C=O) groups excluding carboxylic acids is 1. The number of nitrogens with zero attached hydrogens (tertiary/aromatic N) is 3. The Morgan fingerprint density at radius 1 is 1.42 bits per heavy atom. The van der Waals surface area contributed by atoms with E-state index < -0.39 is 0 Å². The highest BCUT2D eigenvalue weighted by Crippen LogP contribution is 2.33. The number of aromatic nitrogens is 1. The minimum atomic E-state index is 0.0281. The lowest BCUT2D eigenvalue weighted by Gasteiger charge is -2.43. The van der Waals surface area contributed by atoms with Crippen molar-refractivity contribution in [3.63, 3.8) is 0 Å². The van der Waals surface area contributed by atoms with Gasteiger partial charge in [-0.25, -0.2) is 0 Å². The summed E-state index contributed by atoms with van der Waals surface area (Å²) in [6.45, 7) is 6.59. The van der Waals surface area contributed by atoms with Crippen LogP contribution in [0, 0.1) is 5.41 Å². The van der Waals surface area contributed by atoms with Gasteiger partial charge in [-0.3, -0.25) is 14.7 Å². The Hall–Kier alpha value is -1.50. The second-order valence-corrected chi connectivity index (χ2v) is 6.89. The third-order valence-corrected chi connectivity index (χ3v) is 4.99. The number of rotatable bonds is 4. The molecule has 0 N–H and O–H groups in total. The molecule has 0 aliphatic carbocycles. The number of methoxy groups -OCH3 is 1. The second kappa shape index (κ2) is 8.05. The number of hydrogen-bond acceptors (Lipinski definition) is 5. The predicted molar refractivity (Wildman–Crippen MR) is 90.9 cm³/mol. The fraction of sp³-hybridized carbons (Fsp3) is 0.667. The molecule has 2 aliphatic heterocycles. The van der Waals surface area contributed by atoms with Crippen molar-refractivity contribution < 1.29 is 14.3 Å². The van der Waals surface area contributed by atoms with Crippen molar-refractivity contribution in [1.82, 2.24) is 14.8 Å². The van der Waals surface area contributed by atoms with Gasteiger partial charge < -0.3 is 14.4 Å². The van der Waals surface area contributed by atoms with E-state index in [-0.39, 0.29) is 11.3 Å². The van der Waals surface area contributed by atoms with Crippen LogP contribution >= 0.6 is 0 Å². The lowest BCUT2D eigenvalue weighted by Crippen LogP contribution is -2.52. The van der Waals surface area contributed by atoms with E-state index in [9.17, 15) is 4.79 Å². The number of pyridine rings is 1. The molecule has 6 nitrogen and oxygen atoms in total. The number of hydrogen-bond donors (Lipinski definition) is 0. The molecule has 1 atom stereocenters. The molecule has 24 heavy (non-hydrogen) atoms. The maximum atomic E-state index is 12.8. The summed E-state index contributed by atoms with van der Waals surface area (Å²) in [6, 6.07) is 3.65. The highest BCUT2D eigenvalue weighted by Gasteiger charge is 2.40. The molecule has 2 aliphatic rings. The topological polar surface area (TPSA) is 54.9 Å². The average molecular weight is 333 g/mol. The maximum Gasteiger partial charge on any atom is 0.255 e. The summed E-state index contributed by atoms with van der Waals surface area (Å²) in [5.74, 6) is 0.0786. The third kappa shape index (κ3) is 4.12. The first kappa shape index (κ1) is 17.3. The Kier molecular flexibility index (Phi) is 5.81. The van der Waals surface area contributed by atoms with Crippen LogP contribution in [-0.2, 0) is 9.47 Å². The number of ether oxygens (including phenoxy) is 2. The van der Waals surface area contributed by atoms with Crippen LogP contribution in [0.4, 0.5) is 0 Å². The standard InChI is InChI=1S/C18H27N3O3/c1-23-10-8-20-9-11-24-15-18(13-20)5-3-7-21(14-18)17(22)16-4-2-6-19-12-16/h2,4,6,12H,3,5,7-11,13-15H2,1H3.